The Labute approximate surface area is 113 Å². The van der Waals surface area contributed by atoms with Crippen LogP contribution in [0.25, 0.3) is 0 Å². The standard InChI is InChI=1S/C14H21NO4/c1-9-3-5-14(6-4-9,13(18)19)8-15-11(16)7-10(2)12(15)17/h9-10H,3-8H2,1-2H3,(H,18,19). The molecule has 5 heteroatoms. The van der Waals surface area contributed by atoms with Gasteiger partial charge in [0.1, 0.15) is 0 Å². The maximum Gasteiger partial charge on any atom is 0.311 e. The molecule has 1 unspecified atom stereocenters. The maximum atomic E-state index is 11.9. The summed E-state index contributed by atoms with van der Waals surface area (Å²) in [7, 11) is 0. The van der Waals surface area contributed by atoms with Gasteiger partial charge in [-0.3, -0.25) is 19.3 Å². The number of likely N-dealkylation sites (tertiary alicyclic amines) is 1. The van der Waals surface area contributed by atoms with E-state index in [1.54, 1.807) is 6.92 Å². The van der Waals surface area contributed by atoms with E-state index < -0.39 is 11.4 Å². The Bertz CT molecular complexity index is 410. The van der Waals surface area contributed by atoms with Crippen molar-refractivity contribution in [2.75, 3.05) is 6.54 Å². The second-order valence-corrected chi connectivity index (χ2v) is 6.19. The summed E-state index contributed by atoms with van der Waals surface area (Å²) >= 11 is 0. The molecule has 0 aromatic heterocycles. The van der Waals surface area contributed by atoms with Gasteiger partial charge in [-0.15, -0.1) is 0 Å². The molecule has 0 bridgehead atoms. The summed E-state index contributed by atoms with van der Waals surface area (Å²) in [5.74, 6) is -1.10. The summed E-state index contributed by atoms with van der Waals surface area (Å²) in [5, 5.41) is 9.52. The molecule has 0 radical (unpaired) electrons. The van der Waals surface area contributed by atoms with E-state index >= 15 is 0 Å². The number of hydrogen-bond acceptors (Lipinski definition) is 3. The third-order valence-corrected chi connectivity index (χ3v) is 4.62. The summed E-state index contributed by atoms with van der Waals surface area (Å²) in [6.45, 7) is 3.88. The highest BCUT2D eigenvalue weighted by Gasteiger charge is 2.47. The van der Waals surface area contributed by atoms with Crippen LogP contribution in [0.5, 0.6) is 0 Å². The van der Waals surface area contributed by atoms with Gasteiger partial charge in [0, 0.05) is 18.9 Å². The zero-order valence-corrected chi connectivity index (χ0v) is 11.5. The summed E-state index contributed by atoms with van der Waals surface area (Å²) in [6, 6.07) is 0. The molecule has 0 spiro atoms. The number of amides is 2. The van der Waals surface area contributed by atoms with Gasteiger partial charge in [0.05, 0.1) is 5.41 Å². The van der Waals surface area contributed by atoms with E-state index in [4.69, 9.17) is 0 Å². The number of carbonyl (C=O) groups excluding carboxylic acids is 2. The van der Waals surface area contributed by atoms with Crippen molar-refractivity contribution in [1.82, 2.24) is 4.90 Å². The van der Waals surface area contributed by atoms with Gasteiger partial charge in [-0.1, -0.05) is 13.8 Å². The first-order chi connectivity index (χ1) is 8.85. The van der Waals surface area contributed by atoms with Crippen molar-refractivity contribution >= 4 is 17.8 Å². The van der Waals surface area contributed by atoms with E-state index in [0.29, 0.717) is 18.8 Å². The van der Waals surface area contributed by atoms with Crippen LogP contribution in [0.4, 0.5) is 0 Å². The third kappa shape index (κ3) is 2.51. The van der Waals surface area contributed by atoms with E-state index in [2.05, 4.69) is 6.92 Å². The fourth-order valence-corrected chi connectivity index (χ4v) is 3.07. The predicted molar refractivity (Wildman–Crippen MR) is 68.2 cm³/mol. The number of hydrogen-bond donors (Lipinski definition) is 1. The second kappa shape index (κ2) is 4.94. The van der Waals surface area contributed by atoms with E-state index in [9.17, 15) is 19.5 Å². The average molecular weight is 267 g/mol. The predicted octanol–water partition coefficient (Wildman–Crippen LogP) is 1.66. The monoisotopic (exact) mass is 267 g/mol. The minimum absolute atomic E-state index is 0.0526. The molecule has 1 saturated heterocycles. The molecule has 2 rings (SSSR count). The van der Waals surface area contributed by atoms with Gasteiger partial charge in [-0.25, -0.2) is 0 Å². The molecule has 1 saturated carbocycles. The van der Waals surface area contributed by atoms with E-state index in [1.165, 1.54) is 4.90 Å². The molecule has 1 atom stereocenters. The number of nitrogens with zero attached hydrogens (tertiary/aromatic N) is 1. The molecule has 0 aromatic carbocycles. The Morgan fingerprint density at radius 3 is 2.32 bits per heavy atom. The Balaban J connectivity index is 2.16. The fourth-order valence-electron chi connectivity index (χ4n) is 3.07. The summed E-state index contributed by atoms with van der Waals surface area (Å²) in [4.78, 5) is 36.5. The lowest BCUT2D eigenvalue weighted by molar-refractivity contribution is -0.155. The smallest absolute Gasteiger partial charge is 0.311 e. The van der Waals surface area contributed by atoms with Gasteiger partial charge in [0.25, 0.3) is 0 Å². The van der Waals surface area contributed by atoms with Crippen molar-refractivity contribution in [2.45, 2.75) is 46.0 Å². The summed E-state index contributed by atoms with van der Waals surface area (Å²) < 4.78 is 0. The molecule has 1 aliphatic heterocycles. The van der Waals surface area contributed by atoms with Crippen molar-refractivity contribution in [2.24, 2.45) is 17.3 Å². The number of carboxylic acid groups (broad SMARTS) is 1. The third-order valence-electron chi connectivity index (χ3n) is 4.62. The van der Waals surface area contributed by atoms with Gasteiger partial charge in [0.2, 0.25) is 11.8 Å². The quantitative estimate of drug-likeness (QED) is 0.789. The highest BCUT2D eigenvalue weighted by molar-refractivity contribution is 6.03. The van der Waals surface area contributed by atoms with Crippen LogP contribution in [0, 0.1) is 17.3 Å². The van der Waals surface area contributed by atoms with Crippen LogP contribution in [0.1, 0.15) is 46.0 Å². The molecule has 106 valence electrons. The van der Waals surface area contributed by atoms with Crippen molar-refractivity contribution in [3.05, 3.63) is 0 Å². The molecule has 19 heavy (non-hydrogen) atoms. The Morgan fingerprint density at radius 2 is 1.89 bits per heavy atom. The van der Waals surface area contributed by atoms with Crippen molar-refractivity contribution in [3.63, 3.8) is 0 Å². The molecule has 5 nitrogen and oxygen atoms in total. The van der Waals surface area contributed by atoms with Crippen LogP contribution in [0.3, 0.4) is 0 Å². The van der Waals surface area contributed by atoms with E-state index in [0.717, 1.165) is 12.8 Å². The SMILES string of the molecule is CC1CCC(CN2C(=O)CC(C)C2=O)(C(=O)O)CC1. The minimum atomic E-state index is -0.929. The molecule has 1 N–H and O–H groups in total. The molecule has 0 aromatic rings. The highest BCUT2D eigenvalue weighted by atomic mass is 16.4. The van der Waals surface area contributed by atoms with E-state index in [-0.39, 0.29) is 30.7 Å². The normalized spacial score (nSPS) is 35.8. The van der Waals surface area contributed by atoms with Gasteiger partial charge in [-0.05, 0) is 31.6 Å². The number of imide groups is 1. The lowest BCUT2D eigenvalue weighted by atomic mass is 9.70. The molecular weight excluding hydrogens is 246 g/mol. The molecule has 2 amide bonds. The summed E-state index contributed by atoms with van der Waals surface area (Å²) in [5.41, 5.74) is -0.929. The van der Waals surface area contributed by atoms with Crippen molar-refractivity contribution < 1.29 is 19.5 Å². The van der Waals surface area contributed by atoms with Gasteiger partial charge in [0.15, 0.2) is 0 Å². The number of rotatable bonds is 3. The maximum absolute atomic E-state index is 11.9. The van der Waals surface area contributed by atoms with Gasteiger partial charge < -0.3 is 5.11 Å². The number of carboxylic acids is 1. The molecular formula is C14H21NO4. The van der Waals surface area contributed by atoms with Crippen molar-refractivity contribution in [1.29, 1.82) is 0 Å². The number of aliphatic carboxylic acids is 1. The molecule has 1 heterocycles. The Hall–Kier alpha value is -1.39. The minimum Gasteiger partial charge on any atom is -0.481 e. The van der Waals surface area contributed by atoms with Crippen LogP contribution < -0.4 is 0 Å². The van der Waals surface area contributed by atoms with Crippen molar-refractivity contribution in [3.8, 4) is 0 Å². The number of carbonyl (C=O) groups is 3. The summed E-state index contributed by atoms with van der Waals surface area (Å²) in [6.07, 6.45) is 3.00. The van der Waals surface area contributed by atoms with Crippen LogP contribution in [0.2, 0.25) is 0 Å². The zero-order valence-electron chi connectivity index (χ0n) is 11.5. The topological polar surface area (TPSA) is 74.7 Å². The first kappa shape index (κ1) is 14.0. The lowest BCUT2D eigenvalue weighted by Gasteiger charge is -2.37. The highest BCUT2D eigenvalue weighted by Crippen LogP contribution is 2.40. The Morgan fingerprint density at radius 1 is 1.32 bits per heavy atom. The van der Waals surface area contributed by atoms with Crippen LogP contribution in [0.15, 0.2) is 0 Å². The van der Waals surface area contributed by atoms with E-state index in [1.807, 2.05) is 0 Å². The second-order valence-electron chi connectivity index (χ2n) is 6.19. The molecule has 1 aliphatic carbocycles. The van der Waals surface area contributed by atoms with Crippen LogP contribution >= 0.6 is 0 Å². The van der Waals surface area contributed by atoms with Crippen LogP contribution in [-0.2, 0) is 14.4 Å². The van der Waals surface area contributed by atoms with Crippen LogP contribution in [-0.4, -0.2) is 34.3 Å². The lowest BCUT2D eigenvalue weighted by Crippen LogP contribution is -2.47. The van der Waals surface area contributed by atoms with Gasteiger partial charge in [-0.2, -0.15) is 0 Å². The zero-order chi connectivity index (χ0) is 14.2. The Kier molecular flexibility index (Phi) is 3.65. The first-order valence-corrected chi connectivity index (χ1v) is 6.93. The average Bonchev–Trinajstić information content (AvgIpc) is 2.58. The molecule has 2 aliphatic rings. The fraction of sp³-hybridized carbons (Fsp3) is 0.786. The first-order valence-electron chi connectivity index (χ1n) is 6.93. The molecule has 2 fully saturated rings. The van der Waals surface area contributed by atoms with Gasteiger partial charge >= 0.3 is 5.97 Å². The largest absolute Gasteiger partial charge is 0.481 e.